The van der Waals surface area contributed by atoms with Crippen LogP contribution in [0.5, 0.6) is 0 Å². The third kappa shape index (κ3) is 2.16. The van der Waals surface area contributed by atoms with Crippen molar-refractivity contribution in [3.05, 3.63) is 40.2 Å². The Kier molecular flexibility index (Phi) is 3.01. The van der Waals surface area contributed by atoms with Crippen molar-refractivity contribution < 1.29 is 18.0 Å². The minimum Gasteiger partial charge on any atom is -0.332 e. The van der Waals surface area contributed by atoms with E-state index in [0.717, 1.165) is 6.07 Å². The Bertz CT molecular complexity index is 585. The Hall–Kier alpha value is -2.03. The van der Waals surface area contributed by atoms with Gasteiger partial charge < -0.3 is 4.90 Å². The molecule has 0 unspecified atom stereocenters. The van der Waals surface area contributed by atoms with Gasteiger partial charge in [0.25, 0.3) is 5.91 Å². The summed E-state index contributed by atoms with van der Waals surface area (Å²) >= 11 is 0. The fraction of sp³-hybridized carbons (Fsp3) is 0.385. The average Bonchev–Trinajstić information content (AvgIpc) is 2.64. The van der Waals surface area contributed by atoms with Gasteiger partial charge in [-0.2, -0.15) is 13.2 Å². The molecule has 2 rings (SSSR count). The molecular weight excluding hydrogens is 257 g/mol. The monoisotopic (exact) mass is 268 g/mol. The Morgan fingerprint density at radius 3 is 2.47 bits per heavy atom. The number of halogens is 3. The van der Waals surface area contributed by atoms with Crippen LogP contribution in [0.1, 0.15) is 35.3 Å². The first kappa shape index (κ1) is 13.4. The SMILES string of the molecule is [C-]#[N+]c1cc2c(c(C(F)(F)F)c1)CN(C(C)C)C2=O. The first-order chi connectivity index (χ1) is 8.75. The quantitative estimate of drug-likeness (QED) is 0.714. The standard InChI is InChI=1S/C13H11F3N2O/c1-7(2)18-6-10-9(12(18)19)4-8(17-3)5-11(10)13(14,15)16/h4-5,7H,6H2,1-2H3. The maximum Gasteiger partial charge on any atom is 0.415 e. The van der Waals surface area contributed by atoms with Crippen molar-refractivity contribution >= 4 is 11.6 Å². The molecule has 0 saturated carbocycles. The first-order valence-electron chi connectivity index (χ1n) is 5.68. The number of fused-ring (bicyclic) bond motifs is 1. The van der Waals surface area contributed by atoms with Crippen molar-refractivity contribution in [2.24, 2.45) is 0 Å². The smallest absolute Gasteiger partial charge is 0.332 e. The molecule has 1 amide bonds. The third-order valence-corrected chi connectivity index (χ3v) is 3.11. The molecule has 0 aromatic heterocycles. The van der Waals surface area contributed by atoms with Gasteiger partial charge in [-0.05, 0) is 31.5 Å². The molecule has 0 bridgehead atoms. The molecule has 0 N–H and O–H groups in total. The van der Waals surface area contributed by atoms with Crippen LogP contribution in [0.3, 0.4) is 0 Å². The van der Waals surface area contributed by atoms with E-state index in [9.17, 15) is 18.0 Å². The van der Waals surface area contributed by atoms with Gasteiger partial charge in [-0.25, -0.2) is 4.85 Å². The van der Waals surface area contributed by atoms with Crippen LogP contribution < -0.4 is 0 Å². The molecule has 1 aromatic carbocycles. The summed E-state index contributed by atoms with van der Waals surface area (Å²) in [5.41, 5.74) is -1.08. The van der Waals surface area contributed by atoms with E-state index in [1.165, 1.54) is 11.0 Å². The van der Waals surface area contributed by atoms with Crippen molar-refractivity contribution in [2.75, 3.05) is 0 Å². The molecule has 100 valence electrons. The highest BCUT2D eigenvalue weighted by atomic mass is 19.4. The van der Waals surface area contributed by atoms with Crippen LogP contribution >= 0.6 is 0 Å². The lowest BCUT2D eigenvalue weighted by Gasteiger charge is -2.20. The van der Waals surface area contributed by atoms with E-state index in [1.54, 1.807) is 13.8 Å². The number of carbonyl (C=O) groups excluding carboxylic acids is 1. The van der Waals surface area contributed by atoms with Gasteiger partial charge in [-0.1, -0.05) is 0 Å². The molecule has 1 aliphatic heterocycles. The Labute approximate surface area is 108 Å². The number of benzene rings is 1. The minimum atomic E-state index is -4.56. The predicted octanol–water partition coefficient (Wildman–Crippen LogP) is 3.62. The summed E-state index contributed by atoms with van der Waals surface area (Å²) in [4.78, 5) is 16.4. The number of rotatable bonds is 1. The normalized spacial score (nSPS) is 14.8. The van der Waals surface area contributed by atoms with Gasteiger partial charge in [0.15, 0.2) is 5.69 Å². The van der Waals surface area contributed by atoms with E-state index < -0.39 is 17.6 Å². The Balaban J connectivity index is 2.64. The molecule has 0 atom stereocenters. The summed E-state index contributed by atoms with van der Waals surface area (Å²) in [6.45, 7) is 10.3. The lowest BCUT2D eigenvalue weighted by Crippen LogP contribution is -2.30. The van der Waals surface area contributed by atoms with Crippen LogP contribution in [0.2, 0.25) is 0 Å². The second-order valence-corrected chi connectivity index (χ2v) is 4.66. The highest BCUT2D eigenvalue weighted by Gasteiger charge is 2.40. The molecule has 1 aromatic rings. The lowest BCUT2D eigenvalue weighted by atomic mass is 10.0. The average molecular weight is 268 g/mol. The number of hydrogen-bond acceptors (Lipinski definition) is 1. The lowest BCUT2D eigenvalue weighted by molar-refractivity contribution is -0.138. The second kappa shape index (κ2) is 4.26. The summed E-state index contributed by atoms with van der Waals surface area (Å²) in [6, 6.07) is 1.86. The second-order valence-electron chi connectivity index (χ2n) is 4.66. The van der Waals surface area contributed by atoms with E-state index in [0.29, 0.717) is 0 Å². The zero-order valence-electron chi connectivity index (χ0n) is 10.4. The molecule has 0 fully saturated rings. The molecular formula is C13H11F3N2O. The van der Waals surface area contributed by atoms with Gasteiger partial charge in [0.05, 0.1) is 12.1 Å². The minimum absolute atomic E-state index is 0.00507. The van der Waals surface area contributed by atoms with Gasteiger partial charge >= 0.3 is 6.18 Å². The largest absolute Gasteiger partial charge is 0.415 e. The molecule has 6 heteroatoms. The zero-order valence-corrected chi connectivity index (χ0v) is 10.4. The van der Waals surface area contributed by atoms with E-state index in [-0.39, 0.29) is 29.4 Å². The van der Waals surface area contributed by atoms with E-state index >= 15 is 0 Å². The van der Waals surface area contributed by atoms with Gasteiger partial charge in [-0.3, -0.25) is 4.79 Å². The van der Waals surface area contributed by atoms with E-state index in [1.807, 2.05) is 0 Å². The summed E-state index contributed by atoms with van der Waals surface area (Å²) in [6.07, 6.45) is -4.56. The molecule has 0 radical (unpaired) electrons. The van der Waals surface area contributed by atoms with Crippen molar-refractivity contribution in [1.29, 1.82) is 0 Å². The maximum atomic E-state index is 13.0. The van der Waals surface area contributed by atoms with Crippen LogP contribution in [0.4, 0.5) is 18.9 Å². The van der Waals surface area contributed by atoms with E-state index in [2.05, 4.69) is 4.85 Å². The topological polar surface area (TPSA) is 24.7 Å². The number of amides is 1. The van der Waals surface area contributed by atoms with Gasteiger partial charge in [0.1, 0.15) is 0 Å². The van der Waals surface area contributed by atoms with Crippen LogP contribution in [0, 0.1) is 6.57 Å². The molecule has 3 nitrogen and oxygen atoms in total. The summed E-state index contributed by atoms with van der Waals surface area (Å²) in [7, 11) is 0. The molecule has 0 saturated heterocycles. The van der Waals surface area contributed by atoms with Crippen molar-refractivity contribution in [1.82, 2.24) is 4.90 Å². The number of hydrogen-bond donors (Lipinski definition) is 0. The molecule has 0 aliphatic carbocycles. The van der Waals surface area contributed by atoms with E-state index in [4.69, 9.17) is 6.57 Å². The van der Waals surface area contributed by atoms with Crippen LogP contribution in [-0.4, -0.2) is 16.8 Å². The third-order valence-electron chi connectivity index (χ3n) is 3.11. The molecule has 0 spiro atoms. The van der Waals surface area contributed by atoms with Gasteiger partial charge in [0, 0.05) is 18.2 Å². The number of nitrogens with zero attached hydrogens (tertiary/aromatic N) is 2. The molecule has 1 heterocycles. The first-order valence-corrected chi connectivity index (χ1v) is 5.68. The van der Waals surface area contributed by atoms with Crippen molar-refractivity contribution in [2.45, 2.75) is 32.6 Å². The summed E-state index contributed by atoms with van der Waals surface area (Å²) in [5, 5.41) is 0. The number of carbonyl (C=O) groups is 1. The number of alkyl halides is 3. The fourth-order valence-electron chi connectivity index (χ4n) is 2.15. The maximum absolute atomic E-state index is 13.0. The van der Waals surface area contributed by atoms with Gasteiger partial charge in [-0.15, -0.1) is 0 Å². The van der Waals surface area contributed by atoms with Crippen LogP contribution in [-0.2, 0) is 12.7 Å². The Morgan fingerprint density at radius 1 is 1.37 bits per heavy atom. The zero-order chi connectivity index (χ0) is 14.4. The van der Waals surface area contributed by atoms with Crippen molar-refractivity contribution in [3.8, 4) is 0 Å². The Morgan fingerprint density at radius 2 is 2.00 bits per heavy atom. The summed E-state index contributed by atoms with van der Waals surface area (Å²) in [5.74, 6) is -0.444. The van der Waals surface area contributed by atoms with Crippen LogP contribution in [0.25, 0.3) is 4.85 Å². The van der Waals surface area contributed by atoms with Crippen LogP contribution in [0.15, 0.2) is 12.1 Å². The van der Waals surface area contributed by atoms with Gasteiger partial charge in [0.2, 0.25) is 0 Å². The molecule has 19 heavy (non-hydrogen) atoms. The van der Waals surface area contributed by atoms with Crippen molar-refractivity contribution in [3.63, 3.8) is 0 Å². The predicted molar refractivity (Wildman–Crippen MR) is 62.7 cm³/mol. The highest BCUT2D eigenvalue weighted by molar-refractivity contribution is 6.00. The highest BCUT2D eigenvalue weighted by Crippen LogP contribution is 2.40. The molecule has 1 aliphatic rings. The summed E-state index contributed by atoms with van der Waals surface area (Å²) < 4.78 is 38.9. The fourth-order valence-corrected chi connectivity index (χ4v) is 2.15.